The third-order valence-corrected chi connectivity index (χ3v) is 5.68. The lowest BCUT2D eigenvalue weighted by Gasteiger charge is -2.27. The van der Waals surface area contributed by atoms with Crippen LogP contribution < -0.4 is 5.32 Å². The molecular formula is C23H23N3O5. The predicted molar refractivity (Wildman–Crippen MR) is 112 cm³/mol. The van der Waals surface area contributed by atoms with Crippen LogP contribution in [0.1, 0.15) is 52.8 Å². The molecule has 1 N–H and O–H groups in total. The van der Waals surface area contributed by atoms with Crippen molar-refractivity contribution in [1.82, 2.24) is 15.1 Å². The number of carbonyl (C=O) groups is 5. The fourth-order valence-electron chi connectivity index (χ4n) is 4.11. The zero-order valence-electron chi connectivity index (χ0n) is 17.1. The van der Waals surface area contributed by atoms with Crippen LogP contribution in [0, 0.1) is 0 Å². The molecule has 0 saturated carbocycles. The van der Waals surface area contributed by atoms with E-state index in [4.69, 9.17) is 0 Å². The number of rotatable bonds is 8. The van der Waals surface area contributed by atoms with E-state index in [0.717, 1.165) is 5.39 Å². The van der Waals surface area contributed by atoms with Crippen LogP contribution in [0.5, 0.6) is 0 Å². The van der Waals surface area contributed by atoms with Gasteiger partial charge in [-0.15, -0.1) is 0 Å². The first-order valence-corrected chi connectivity index (χ1v) is 10.4. The fraction of sp³-hybridized carbons (Fsp3) is 0.348. The van der Waals surface area contributed by atoms with Crippen LogP contribution in [-0.2, 0) is 14.4 Å². The van der Waals surface area contributed by atoms with Crippen LogP contribution in [0.4, 0.5) is 0 Å². The second-order valence-corrected chi connectivity index (χ2v) is 7.72. The summed E-state index contributed by atoms with van der Waals surface area (Å²) in [5.41, 5.74) is 1.01. The van der Waals surface area contributed by atoms with Gasteiger partial charge < -0.3 is 5.32 Å². The minimum Gasteiger partial charge on any atom is -0.356 e. The Kier molecular flexibility index (Phi) is 5.79. The highest BCUT2D eigenvalue weighted by Gasteiger charge is 2.32. The molecule has 0 atom stereocenters. The summed E-state index contributed by atoms with van der Waals surface area (Å²) < 4.78 is 0. The zero-order chi connectivity index (χ0) is 22.0. The SMILES string of the molecule is O=C(CCCN1C(=O)c2cccc3cccc(c23)C1=O)NCCCN1C(=O)CCC1=O. The van der Waals surface area contributed by atoms with E-state index in [0.29, 0.717) is 42.4 Å². The van der Waals surface area contributed by atoms with Gasteiger partial charge in [-0.05, 0) is 30.4 Å². The highest BCUT2D eigenvalue weighted by atomic mass is 16.2. The van der Waals surface area contributed by atoms with Gasteiger partial charge in [-0.2, -0.15) is 0 Å². The third-order valence-electron chi connectivity index (χ3n) is 5.68. The highest BCUT2D eigenvalue weighted by Crippen LogP contribution is 2.30. The second kappa shape index (κ2) is 8.67. The molecule has 1 saturated heterocycles. The lowest BCUT2D eigenvalue weighted by atomic mass is 9.94. The molecule has 0 spiro atoms. The van der Waals surface area contributed by atoms with Gasteiger partial charge in [-0.25, -0.2) is 0 Å². The lowest BCUT2D eigenvalue weighted by Crippen LogP contribution is -2.41. The first kappa shape index (κ1) is 20.7. The summed E-state index contributed by atoms with van der Waals surface area (Å²) >= 11 is 0. The van der Waals surface area contributed by atoms with E-state index < -0.39 is 0 Å². The monoisotopic (exact) mass is 421 g/mol. The molecule has 0 aliphatic carbocycles. The topological polar surface area (TPSA) is 104 Å². The van der Waals surface area contributed by atoms with Crippen molar-refractivity contribution in [3.05, 3.63) is 47.5 Å². The molecule has 0 aromatic heterocycles. The van der Waals surface area contributed by atoms with Gasteiger partial charge in [0.1, 0.15) is 0 Å². The van der Waals surface area contributed by atoms with E-state index in [-0.39, 0.29) is 55.3 Å². The number of nitrogens with zero attached hydrogens (tertiary/aromatic N) is 2. The molecule has 2 heterocycles. The molecule has 4 rings (SSSR count). The normalized spacial score (nSPS) is 15.9. The summed E-state index contributed by atoms with van der Waals surface area (Å²) in [5.74, 6) is -1.20. The minimum absolute atomic E-state index is 0.159. The van der Waals surface area contributed by atoms with Gasteiger partial charge in [0.15, 0.2) is 0 Å². The number of hydrogen-bond acceptors (Lipinski definition) is 5. The second-order valence-electron chi connectivity index (χ2n) is 7.72. The van der Waals surface area contributed by atoms with Crippen molar-refractivity contribution < 1.29 is 24.0 Å². The van der Waals surface area contributed by atoms with Crippen LogP contribution in [0.25, 0.3) is 10.8 Å². The summed E-state index contributed by atoms with van der Waals surface area (Å²) in [5, 5.41) is 4.29. The number of carbonyl (C=O) groups excluding carboxylic acids is 5. The molecule has 31 heavy (non-hydrogen) atoms. The number of hydrogen-bond donors (Lipinski definition) is 1. The first-order chi connectivity index (χ1) is 15.0. The quantitative estimate of drug-likeness (QED) is 0.518. The zero-order valence-corrected chi connectivity index (χ0v) is 17.1. The molecule has 160 valence electrons. The maximum absolute atomic E-state index is 12.8. The molecule has 2 aromatic rings. The molecule has 2 aliphatic heterocycles. The van der Waals surface area contributed by atoms with E-state index in [1.807, 2.05) is 12.1 Å². The Hall–Kier alpha value is -3.55. The van der Waals surface area contributed by atoms with Crippen molar-refractivity contribution in [1.29, 1.82) is 0 Å². The van der Waals surface area contributed by atoms with E-state index in [2.05, 4.69) is 5.32 Å². The third kappa shape index (κ3) is 4.05. The number of amides is 5. The van der Waals surface area contributed by atoms with Crippen molar-refractivity contribution in [3.8, 4) is 0 Å². The molecule has 2 aromatic carbocycles. The average Bonchev–Trinajstić information content (AvgIpc) is 3.09. The van der Waals surface area contributed by atoms with Gasteiger partial charge in [-0.3, -0.25) is 33.8 Å². The van der Waals surface area contributed by atoms with Crippen molar-refractivity contribution in [2.45, 2.75) is 32.1 Å². The Morgan fingerprint density at radius 2 is 1.39 bits per heavy atom. The Bertz CT molecular complexity index is 1030. The molecule has 8 heteroatoms. The molecule has 8 nitrogen and oxygen atoms in total. The lowest BCUT2D eigenvalue weighted by molar-refractivity contribution is -0.138. The number of nitrogens with one attached hydrogen (secondary N) is 1. The first-order valence-electron chi connectivity index (χ1n) is 10.4. The Labute approximate surface area is 179 Å². The number of imide groups is 2. The fourth-order valence-corrected chi connectivity index (χ4v) is 4.11. The van der Waals surface area contributed by atoms with Crippen molar-refractivity contribution in [2.24, 2.45) is 0 Å². The number of likely N-dealkylation sites (tertiary alicyclic amines) is 1. The summed E-state index contributed by atoms with van der Waals surface area (Å²) in [6, 6.07) is 10.8. The molecule has 0 bridgehead atoms. The Balaban J connectivity index is 1.26. The molecule has 0 unspecified atom stereocenters. The van der Waals surface area contributed by atoms with Gasteiger partial charge in [0, 0.05) is 55.4 Å². The van der Waals surface area contributed by atoms with Gasteiger partial charge in [0.05, 0.1) is 0 Å². The van der Waals surface area contributed by atoms with E-state index in [9.17, 15) is 24.0 Å². The van der Waals surface area contributed by atoms with E-state index in [1.54, 1.807) is 24.3 Å². The summed E-state index contributed by atoms with van der Waals surface area (Å²) in [6.45, 7) is 0.819. The van der Waals surface area contributed by atoms with Crippen LogP contribution >= 0.6 is 0 Å². The molecule has 0 radical (unpaired) electrons. The van der Waals surface area contributed by atoms with Crippen molar-refractivity contribution >= 4 is 40.3 Å². The van der Waals surface area contributed by atoms with Crippen LogP contribution in [0.2, 0.25) is 0 Å². The van der Waals surface area contributed by atoms with Crippen LogP contribution in [-0.4, -0.2) is 59.0 Å². The molecule has 1 fully saturated rings. The Morgan fingerprint density at radius 1 is 0.806 bits per heavy atom. The minimum atomic E-state index is -0.338. The largest absolute Gasteiger partial charge is 0.356 e. The maximum Gasteiger partial charge on any atom is 0.261 e. The van der Waals surface area contributed by atoms with Gasteiger partial charge >= 0.3 is 0 Å². The van der Waals surface area contributed by atoms with Gasteiger partial charge in [0.25, 0.3) is 11.8 Å². The van der Waals surface area contributed by atoms with Crippen molar-refractivity contribution in [2.75, 3.05) is 19.6 Å². The summed E-state index contributed by atoms with van der Waals surface area (Å²) in [4.78, 5) is 63.3. The van der Waals surface area contributed by atoms with Crippen LogP contribution in [0.15, 0.2) is 36.4 Å². The van der Waals surface area contributed by atoms with Crippen molar-refractivity contribution in [3.63, 3.8) is 0 Å². The van der Waals surface area contributed by atoms with Gasteiger partial charge in [-0.1, -0.05) is 24.3 Å². The van der Waals surface area contributed by atoms with E-state index in [1.165, 1.54) is 9.80 Å². The molecule has 5 amide bonds. The number of benzene rings is 2. The van der Waals surface area contributed by atoms with E-state index >= 15 is 0 Å². The highest BCUT2D eigenvalue weighted by molar-refractivity contribution is 6.25. The van der Waals surface area contributed by atoms with Gasteiger partial charge in [0.2, 0.25) is 17.7 Å². The summed E-state index contributed by atoms with van der Waals surface area (Å²) in [7, 11) is 0. The standard InChI is InChI=1S/C23H23N3O5/c27-18(24-12-4-14-25-19(28)10-11-20(25)29)9-3-13-26-22(30)16-7-1-5-15-6-2-8-17(21(15)16)23(26)31/h1-2,5-8H,3-4,9-14H2,(H,24,27). The Morgan fingerprint density at radius 3 is 2.00 bits per heavy atom. The molecule has 2 aliphatic rings. The van der Waals surface area contributed by atoms with Crippen LogP contribution in [0.3, 0.4) is 0 Å². The molecular weight excluding hydrogens is 398 g/mol. The smallest absolute Gasteiger partial charge is 0.261 e. The summed E-state index contributed by atoms with van der Waals surface area (Å²) in [6.07, 6.45) is 1.54. The maximum atomic E-state index is 12.8. The predicted octanol–water partition coefficient (Wildman–Crippen LogP) is 1.87. The average molecular weight is 421 g/mol.